The molecule has 0 bridgehead atoms. The summed E-state index contributed by atoms with van der Waals surface area (Å²) >= 11 is 0. The molecule has 0 atom stereocenters. The van der Waals surface area contributed by atoms with E-state index in [1.165, 1.54) is 41.5 Å². The van der Waals surface area contributed by atoms with Crippen molar-refractivity contribution < 1.29 is 50.4 Å². The lowest BCUT2D eigenvalue weighted by atomic mass is 9.71. The number of alkyl halides is 6. The lowest BCUT2D eigenvalue weighted by molar-refractivity contribution is -0.288. The third kappa shape index (κ3) is 4.18. The van der Waals surface area contributed by atoms with Crippen LogP contribution in [0.4, 0.5) is 26.3 Å². The minimum atomic E-state index is -6.05. The number of amides is 4. The van der Waals surface area contributed by atoms with Crippen LogP contribution in [0.1, 0.15) is 94.1 Å². The summed E-state index contributed by atoms with van der Waals surface area (Å²) in [5, 5.41) is 0.290. The van der Waals surface area contributed by atoms with Gasteiger partial charge in [0.05, 0.1) is 27.9 Å². The topological polar surface area (TPSA) is 84.0 Å². The van der Waals surface area contributed by atoms with Crippen molar-refractivity contribution in [1.29, 1.82) is 0 Å². The number of nitrogens with zero attached hydrogens (tertiary/aromatic N) is 2. The number of hydrogen-bond acceptors (Lipinski definition) is 5. The second kappa shape index (κ2) is 8.63. The van der Waals surface area contributed by atoms with Crippen molar-refractivity contribution in [3.63, 3.8) is 0 Å². The molecule has 0 radical (unpaired) electrons. The van der Waals surface area contributed by atoms with Crippen LogP contribution in [0.15, 0.2) is 36.4 Å². The quantitative estimate of drug-likeness (QED) is 0.343. The zero-order valence-corrected chi connectivity index (χ0v) is 22.2. The molecule has 0 saturated heterocycles. The van der Waals surface area contributed by atoms with Crippen LogP contribution in [0.3, 0.4) is 0 Å². The highest BCUT2D eigenvalue weighted by molar-refractivity contribution is 6.22. The molecule has 0 N–H and O–H groups in total. The average molecular weight is 570 g/mol. The van der Waals surface area contributed by atoms with Gasteiger partial charge in [-0.15, -0.1) is 5.06 Å². The van der Waals surface area contributed by atoms with Gasteiger partial charge in [0.15, 0.2) is 0 Å². The predicted molar refractivity (Wildman–Crippen MR) is 127 cm³/mol. The van der Waals surface area contributed by atoms with Crippen LogP contribution in [-0.2, 0) is 10.3 Å². The molecule has 2 aliphatic rings. The fourth-order valence-electron chi connectivity index (χ4n) is 4.87. The molecule has 4 amide bonds. The van der Waals surface area contributed by atoms with Gasteiger partial charge in [0.2, 0.25) is 5.41 Å². The van der Waals surface area contributed by atoms with E-state index in [4.69, 9.17) is 4.84 Å². The number of benzene rings is 2. The van der Waals surface area contributed by atoms with E-state index in [0.29, 0.717) is 30.3 Å². The molecular weight excluding hydrogens is 546 g/mol. The third-order valence-electron chi connectivity index (χ3n) is 6.49. The molecule has 13 heteroatoms. The van der Waals surface area contributed by atoms with Crippen LogP contribution in [0, 0.1) is 0 Å². The highest BCUT2D eigenvalue weighted by Gasteiger charge is 2.73. The number of carbonyl (C=O) groups excluding carboxylic acids is 4. The number of hydroxylamine groups is 2. The van der Waals surface area contributed by atoms with Gasteiger partial charge in [-0.3, -0.25) is 28.9 Å². The van der Waals surface area contributed by atoms with Crippen molar-refractivity contribution in [3.05, 3.63) is 69.8 Å². The van der Waals surface area contributed by atoms with Crippen LogP contribution < -0.4 is 0 Å². The Kier molecular flexibility index (Phi) is 6.31. The Hall–Kier alpha value is -3.74. The minimum Gasteiger partial charge on any atom is -0.269 e. The Labute approximate surface area is 224 Å². The number of halogens is 6. The van der Waals surface area contributed by atoms with Crippen molar-refractivity contribution in [2.24, 2.45) is 0 Å². The Bertz CT molecular complexity index is 1450. The second-order valence-corrected chi connectivity index (χ2v) is 11.5. The molecule has 2 heterocycles. The van der Waals surface area contributed by atoms with E-state index >= 15 is 0 Å². The molecule has 2 aromatic carbocycles. The number of hydrogen-bond donors (Lipinski definition) is 0. The molecule has 0 spiro atoms. The van der Waals surface area contributed by atoms with Crippen molar-refractivity contribution in [2.75, 3.05) is 0 Å². The van der Waals surface area contributed by atoms with E-state index in [9.17, 15) is 45.5 Å². The van der Waals surface area contributed by atoms with Crippen molar-refractivity contribution >= 4 is 23.6 Å². The smallest absolute Gasteiger partial charge is 0.269 e. The molecule has 0 unspecified atom stereocenters. The highest BCUT2D eigenvalue weighted by Crippen LogP contribution is 2.57. The van der Waals surface area contributed by atoms with E-state index < -0.39 is 80.4 Å². The molecule has 0 fully saturated rings. The minimum absolute atomic E-state index is 0.290. The SMILES string of the molecule is CC(C)(C)ON1C(=O)c2ccc(C(c3ccc4c(c3)C(=O)N(C(C)(C)C)C4=O)(C(F)(F)F)C(F)(F)F)cc2C1=O. The number of fused-ring (bicyclic) bond motifs is 2. The van der Waals surface area contributed by atoms with E-state index in [2.05, 4.69) is 0 Å². The first kappa shape index (κ1) is 29.2. The molecule has 0 aromatic heterocycles. The molecule has 2 aliphatic heterocycles. The molecule has 214 valence electrons. The molecule has 2 aromatic rings. The normalized spacial score (nSPS) is 16.7. The summed E-state index contributed by atoms with van der Waals surface area (Å²) in [7, 11) is 0. The molecule has 40 heavy (non-hydrogen) atoms. The largest absolute Gasteiger partial charge is 0.411 e. The lowest BCUT2D eigenvalue weighted by Crippen LogP contribution is -2.55. The first-order valence-corrected chi connectivity index (χ1v) is 11.9. The van der Waals surface area contributed by atoms with Gasteiger partial charge in [-0.2, -0.15) is 26.3 Å². The third-order valence-corrected chi connectivity index (χ3v) is 6.49. The number of rotatable bonds is 3. The summed E-state index contributed by atoms with van der Waals surface area (Å²) in [4.78, 5) is 57.4. The molecular formula is C27H24F6N2O5. The Morgan fingerprint density at radius 2 is 0.950 bits per heavy atom. The van der Waals surface area contributed by atoms with Gasteiger partial charge in [-0.25, -0.2) is 0 Å². The molecule has 7 nitrogen and oxygen atoms in total. The van der Waals surface area contributed by atoms with E-state index in [-0.39, 0.29) is 10.6 Å². The highest BCUT2D eigenvalue weighted by atomic mass is 19.4. The summed E-state index contributed by atoms with van der Waals surface area (Å²) < 4.78 is 88.7. The fraction of sp³-hybridized carbons (Fsp3) is 0.407. The van der Waals surface area contributed by atoms with Crippen LogP contribution in [0.25, 0.3) is 0 Å². The van der Waals surface area contributed by atoms with Gasteiger partial charge in [0.1, 0.15) is 0 Å². The van der Waals surface area contributed by atoms with Crippen LogP contribution in [0.5, 0.6) is 0 Å². The first-order chi connectivity index (χ1) is 18.0. The Morgan fingerprint density at radius 1 is 0.575 bits per heavy atom. The number of carbonyl (C=O) groups is 4. The van der Waals surface area contributed by atoms with Gasteiger partial charge < -0.3 is 0 Å². The second-order valence-electron chi connectivity index (χ2n) is 11.5. The van der Waals surface area contributed by atoms with Gasteiger partial charge in [0, 0.05) is 5.54 Å². The predicted octanol–water partition coefficient (Wildman–Crippen LogP) is 5.82. The van der Waals surface area contributed by atoms with E-state index in [1.807, 2.05) is 0 Å². The lowest BCUT2D eigenvalue weighted by Gasteiger charge is -2.38. The van der Waals surface area contributed by atoms with Gasteiger partial charge in [-0.05, 0) is 76.9 Å². The maximum atomic E-state index is 14.8. The van der Waals surface area contributed by atoms with Crippen LogP contribution >= 0.6 is 0 Å². The van der Waals surface area contributed by atoms with Crippen LogP contribution in [-0.4, -0.2) is 57.1 Å². The average Bonchev–Trinajstić information content (AvgIpc) is 3.16. The zero-order valence-electron chi connectivity index (χ0n) is 22.2. The fourth-order valence-corrected chi connectivity index (χ4v) is 4.87. The summed E-state index contributed by atoms with van der Waals surface area (Å²) in [6.45, 7) is 8.92. The Morgan fingerprint density at radius 3 is 1.35 bits per heavy atom. The van der Waals surface area contributed by atoms with Crippen molar-refractivity contribution in [1.82, 2.24) is 9.96 Å². The number of imide groups is 2. The Balaban J connectivity index is 1.97. The summed E-state index contributed by atoms with van der Waals surface area (Å²) in [5.41, 5.74) is -11.8. The maximum Gasteiger partial charge on any atom is 0.411 e. The standard InChI is InChI=1S/C27H24F6N2O5/c1-23(2,3)34-19(36)15-9-7-13(11-17(15)20(34)37)25(26(28,29)30,27(31,32)33)14-8-10-16-18(12-14)22(39)35(21(16)38)40-24(4,5)6/h7-12H,1-6H3. The maximum absolute atomic E-state index is 14.8. The van der Waals surface area contributed by atoms with E-state index in [1.54, 1.807) is 0 Å². The van der Waals surface area contributed by atoms with Crippen molar-refractivity contribution in [2.45, 2.75) is 70.4 Å². The van der Waals surface area contributed by atoms with Gasteiger partial charge in [0.25, 0.3) is 23.6 Å². The van der Waals surface area contributed by atoms with Gasteiger partial charge in [-0.1, -0.05) is 12.1 Å². The summed E-state index contributed by atoms with van der Waals surface area (Å²) in [6, 6.07) is 3.19. The molecule has 4 rings (SSSR count). The molecule has 0 saturated carbocycles. The van der Waals surface area contributed by atoms with Crippen LogP contribution in [0.2, 0.25) is 0 Å². The summed E-state index contributed by atoms with van der Waals surface area (Å²) in [6.07, 6.45) is -12.1. The molecule has 0 aliphatic carbocycles. The van der Waals surface area contributed by atoms with Gasteiger partial charge >= 0.3 is 12.4 Å². The van der Waals surface area contributed by atoms with E-state index in [0.717, 1.165) is 11.0 Å². The zero-order chi connectivity index (χ0) is 30.4. The monoisotopic (exact) mass is 570 g/mol. The van der Waals surface area contributed by atoms with Crippen molar-refractivity contribution in [3.8, 4) is 0 Å². The summed E-state index contributed by atoms with van der Waals surface area (Å²) in [5.74, 6) is -4.18. The first-order valence-electron chi connectivity index (χ1n) is 11.9.